The number of ketones is 1. The molecule has 0 unspecified atom stereocenters. The molecule has 0 aliphatic carbocycles. The van der Waals surface area contributed by atoms with Gasteiger partial charge >= 0.3 is 0 Å². The minimum absolute atomic E-state index is 0.155. The number of rotatable bonds is 4. The number of piperidine rings is 1. The first-order valence-electron chi connectivity index (χ1n) is 6.73. The molecule has 0 bridgehead atoms. The van der Waals surface area contributed by atoms with Crippen LogP contribution >= 0.6 is 0 Å². The molecule has 21 heavy (non-hydrogen) atoms. The van der Waals surface area contributed by atoms with Crippen LogP contribution in [-0.4, -0.2) is 42.8 Å². The zero-order valence-corrected chi connectivity index (χ0v) is 12.6. The molecule has 112 valence electrons. The highest BCUT2D eigenvalue weighted by molar-refractivity contribution is 7.88. The van der Waals surface area contributed by atoms with Crippen LogP contribution in [0.15, 0.2) is 24.4 Å². The maximum Gasteiger partial charge on any atom is 0.211 e. The molecule has 1 aliphatic heterocycles. The number of hydrogen-bond acceptors (Lipinski definition) is 5. The van der Waals surface area contributed by atoms with Gasteiger partial charge in [-0.3, -0.25) is 9.78 Å². The minimum atomic E-state index is -3.31. The maximum atomic E-state index is 12.5. The summed E-state index contributed by atoms with van der Waals surface area (Å²) in [6.45, 7) is 0.589. The smallest absolute Gasteiger partial charge is 0.211 e. The third-order valence-electron chi connectivity index (χ3n) is 3.65. The average Bonchev–Trinajstić information content (AvgIpc) is 2.48. The standard InChI is InChI=1S/C14H17N3O3S/c1-21(19,20)17-8-4-5-11(10-17)14(18)12(9-15)13-6-2-3-7-16-13/h2-3,6-7,11-12H,4-5,8,10H2,1H3/t11-,12+/m0/s1. The lowest BCUT2D eigenvalue weighted by Crippen LogP contribution is -2.42. The van der Waals surface area contributed by atoms with Crippen LogP contribution in [-0.2, 0) is 14.8 Å². The van der Waals surface area contributed by atoms with Crippen molar-refractivity contribution in [2.24, 2.45) is 5.92 Å². The van der Waals surface area contributed by atoms with E-state index >= 15 is 0 Å². The Bertz CT molecular complexity index is 652. The molecule has 0 saturated carbocycles. The van der Waals surface area contributed by atoms with E-state index in [9.17, 15) is 18.5 Å². The molecule has 1 aromatic rings. The van der Waals surface area contributed by atoms with Gasteiger partial charge in [-0.1, -0.05) is 6.07 Å². The van der Waals surface area contributed by atoms with E-state index in [1.807, 2.05) is 6.07 Å². The highest BCUT2D eigenvalue weighted by Gasteiger charge is 2.34. The minimum Gasteiger partial charge on any atom is -0.297 e. The van der Waals surface area contributed by atoms with Gasteiger partial charge in [-0.2, -0.15) is 5.26 Å². The quantitative estimate of drug-likeness (QED) is 0.825. The summed E-state index contributed by atoms with van der Waals surface area (Å²) in [6.07, 6.45) is 3.91. The van der Waals surface area contributed by atoms with Crippen molar-refractivity contribution >= 4 is 15.8 Å². The van der Waals surface area contributed by atoms with Crippen molar-refractivity contribution in [3.8, 4) is 6.07 Å². The van der Waals surface area contributed by atoms with Crippen LogP contribution in [0.4, 0.5) is 0 Å². The summed E-state index contributed by atoms with van der Waals surface area (Å²) in [5.41, 5.74) is 0.418. The molecule has 0 amide bonds. The number of sulfonamides is 1. The number of pyridine rings is 1. The summed E-state index contributed by atoms with van der Waals surface area (Å²) in [5, 5.41) is 9.26. The first-order valence-corrected chi connectivity index (χ1v) is 8.57. The predicted octanol–water partition coefficient (Wildman–Crippen LogP) is 0.929. The predicted molar refractivity (Wildman–Crippen MR) is 76.7 cm³/mol. The van der Waals surface area contributed by atoms with E-state index in [0.29, 0.717) is 25.1 Å². The van der Waals surface area contributed by atoms with Crippen LogP contribution in [0.1, 0.15) is 24.5 Å². The van der Waals surface area contributed by atoms with Crippen molar-refractivity contribution in [2.75, 3.05) is 19.3 Å². The van der Waals surface area contributed by atoms with Crippen molar-refractivity contribution in [3.05, 3.63) is 30.1 Å². The Morgan fingerprint density at radius 2 is 2.29 bits per heavy atom. The second-order valence-electron chi connectivity index (χ2n) is 5.18. The molecule has 1 saturated heterocycles. The Labute approximate surface area is 124 Å². The van der Waals surface area contributed by atoms with E-state index in [4.69, 9.17) is 0 Å². The monoisotopic (exact) mass is 307 g/mol. The fourth-order valence-electron chi connectivity index (χ4n) is 2.53. The molecule has 0 aromatic carbocycles. The lowest BCUT2D eigenvalue weighted by molar-refractivity contribution is -0.124. The molecule has 0 spiro atoms. The van der Waals surface area contributed by atoms with Gasteiger partial charge in [0.05, 0.1) is 18.0 Å². The molecular formula is C14H17N3O3S. The third-order valence-corrected chi connectivity index (χ3v) is 4.92. The number of hydrogen-bond donors (Lipinski definition) is 0. The van der Waals surface area contributed by atoms with Gasteiger partial charge in [0, 0.05) is 25.2 Å². The number of carbonyl (C=O) groups is 1. The molecular weight excluding hydrogens is 290 g/mol. The molecule has 1 fully saturated rings. The van der Waals surface area contributed by atoms with Crippen LogP contribution in [0.2, 0.25) is 0 Å². The van der Waals surface area contributed by atoms with Crippen LogP contribution in [0.25, 0.3) is 0 Å². The van der Waals surface area contributed by atoms with Crippen LogP contribution < -0.4 is 0 Å². The maximum absolute atomic E-state index is 12.5. The Hall–Kier alpha value is -1.78. The highest BCUT2D eigenvalue weighted by Crippen LogP contribution is 2.25. The zero-order valence-electron chi connectivity index (χ0n) is 11.8. The molecule has 1 aromatic heterocycles. The Kier molecular flexibility index (Phi) is 4.70. The van der Waals surface area contributed by atoms with Crippen molar-refractivity contribution in [3.63, 3.8) is 0 Å². The van der Waals surface area contributed by atoms with Gasteiger partial charge in [-0.05, 0) is 25.0 Å². The van der Waals surface area contributed by atoms with Crippen LogP contribution in [0, 0.1) is 17.2 Å². The lowest BCUT2D eigenvalue weighted by Gasteiger charge is -2.30. The summed E-state index contributed by atoms with van der Waals surface area (Å²) in [4.78, 5) is 16.6. The SMILES string of the molecule is CS(=O)(=O)N1CCC[C@H](C(=O)[C@H](C#N)c2ccccn2)C1. The van der Waals surface area contributed by atoms with Crippen molar-refractivity contribution in [1.29, 1.82) is 5.26 Å². The normalized spacial score (nSPS) is 21.4. The van der Waals surface area contributed by atoms with Gasteiger partial charge in [0.25, 0.3) is 0 Å². The van der Waals surface area contributed by atoms with Crippen molar-refractivity contribution in [1.82, 2.24) is 9.29 Å². The topological polar surface area (TPSA) is 91.1 Å². The van der Waals surface area contributed by atoms with E-state index in [1.54, 1.807) is 18.2 Å². The summed E-state index contributed by atoms with van der Waals surface area (Å²) in [6, 6.07) is 7.07. The fraction of sp³-hybridized carbons (Fsp3) is 0.500. The Morgan fingerprint density at radius 3 is 2.86 bits per heavy atom. The number of carbonyl (C=O) groups excluding carboxylic acids is 1. The van der Waals surface area contributed by atoms with E-state index in [2.05, 4.69) is 4.98 Å². The van der Waals surface area contributed by atoms with E-state index in [0.717, 1.165) is 6.26 Å². The summed E-state index contributed by atoms with van der Waals surface area (Å²) in [7, 11) is -3.31. The third kappa shape index (κ3) is 3.65. The van der Waals surface area contributed by atoms with Gasteiger partial charge < -0.3 is 0 Å². The van der Waals surface area contributed by atoms with E-state index in [1.165, 1.54) is 10.5 Å². The molecule has 7 heteroatoms. The lowest BCUT2D eigenvalue weighted by atomic mass is 9.86. The van der Waals surface area contributed by atoms with Crippen molar-refractivity contribution < 1.29 is 13.2 Å². The Morgan fingerprint density at radius 1 is 1.52 bits per heavy atom. The molecule has 2 atom stereocenters. The fourth-order valence-corrected chi connectivity index (χ4v) is 3.45. The number of nitriles is 1. The molecule has 0 N–H and O–H groups in total. The first kappa shape index (κ1) is 15.6. The van der Waals surface area contributed by atoms with E-state index < -0.39 is 21.9 Å². The van der Waals surface area contributed by atoms with Gasteiger partial charge in [0.2, 0.25) is 10.0 Å². The summed E-state index contributed by atoms with van der Waals surface area (Å²) >= 11 is 0. The number of Topliss-reactive ketones (excluding diaryl/α,β-unsaturated/α-hetero) is 1. The van der Waals surface area contributed by atoms with Crippen LogP contribution in [0.3, 0.4) is 0 Å². The molecule has 0 radical (unpaired) electrons. The van der Waals surface area contributed by atoms with Crippen LogP contribution in [0.5, 0.6) is 0 Å². The van der Waals surface area contributed by atoms with E-state index in [-0.39, 0.29) is 12.3 Å². The number of nitrogens with zero attached hydrogens (tertiary/aromatic N) is 3. The number of aromatic nitrogens is 1. The van der Waals surface area contributed by atoms with Gasteiger partial charge in [-0.25, -0.2) is 12.7 Å². The largest absolute Gasteiger partial charge is 0.297 e. The van der Waals surface area contributed by atoms with Gasteiger partial charge in [-0.15, -0.1) is 0 Å². The second kappa shape index (κ2) is 6.33. The summed E-state index contributed by atoms with van der Waals surface area (Å²) in [5.74, 6) is -1.62. The second-order valence-corrected chi connectivity index (χ2v) is 7.16. The van der Waals surface area contributed by atoms with Gasteiger partial charge in [0.1, 0.15) is 5.92 Å². The highest BCUT2D eigenvalue weighted by atomic mass is 32.2. The van der Waals surface area contributed by atoms with Gasteiger partial charge in [0.15, 0.2) is 5.78 Å². The molecule has 6 nitrogen and oxygen atoms in total. The zero-order chi connectivity index (χ0) is 15.5. The summed E-state index contributed by atoms with van der Waals surface area (Å²) < 4.78 is 24.5. The molecule has 2 heterocycles. The Balaban J connectivity index is 2.17. The van der Waals surface area contributed by atoms with Crippen molar-refractivity contribution in [2.45, 2.75) is 18.8 Å². The molecule has 2 rings (SSSR count). The first-order chi connectivity index (χ1) is 9.93. The molecule has 1 aliphatic rings. The average molecular weight is 307 g/mol.